The number of para-hydroxylation sites is 2. The van der Waals surface area contributed by atoms with Gasteiger partial charge in [0.15, 0.2) is 0 Å². The van der Waals surface area contributed by atoms with Crippen LogP contribution in [0.3, 0.4) is 0 Å². The number of hydrogen-bond donors (Lipinski definition) is 0. The van der Waals surface area contributed by atoms with E-state index in [-0.39, 0.29) is 21.7 Å². The number of fused-ring (bicyclic) bond motifs is 5. The minimum atomic E-state index is 0.0391. The molecule has 3 aromatic heterocycles. The highest BCUT2D eigenvalue weighted by Gasteiger charge is 2.26. The fourth-order valence-electron chi connectivity index (χ4n) is 10.7. The van der Waals surface area contributed by atoms with Gasteiger partial charge in [-0.15, -0.1) is 0 Å². The van der Waals surface area contributed by atoms with E-state index in [0.29, 0.717) is 0 Å². The zero-order valence-electron chi connectivity index (χ0n) is 43.6. The molecular weight excluding hydrogens is 861 g/mol. The Morgan fingerprint density at radius 3 is 0.901 bits per heavy atom. The fraction of sp³-hybridized carbons (Fsp3) is 0.235. The first-order chi connectivity index (χ1) is 33.7. The molecule has 0 amide bonds. The lowest BCUT2D eigenvalue weighted by atomic mass is 9.85. The second-order valence-corrected chi connectivity index (χ2v) is 23.9. The standard InChI is InChI=1S/C68H66N2O/c1-65(2,3)47-29-21-43(22-30-47)61-55-17-13-15-19-57(55)69(63(61)45-25-33-49(34-26-45)67(7,8)9)51-37-39-53-54-40-38-52(42-60(54)71-59(53)41-51)70-58-20-16-14-18-56(58)62(44-23-31-48(32-24-44)66(4,5)6)64(70)46-27-35-50(36-28-46)68(10,11)12/h13-42H,1-12H3. The van der Waals surface area contributed by atoms with Crippen LogP contribution in [0.15, 0.2) is 186 Å². The normalized spacial score (nSPS) is 12.8. The third-order valence-electron chi connectivity index (χ3n) is 14.8. The molecular formula is C68H66N2O. The van der Waals surface area contributed by atoms with Gasteiger partial charge in [0.1, 0.15) is 11.2 Å². The largest absolute Gasteiger partial charge is 0.456 e. The summed E-state index contributed by atoms with van der Waals surface area (Å²) in [6.45, 7) is 27.4. The molecule has 0 aliphatic heterocycles. The molecule has 3 heterocycles. The molecule has 354 valence electrons. The van der Waals surface area contributed by atoms with E-state index in [2.05, 4.69) is 274 Å². The van der Waals surface area contributed by atoms with Gasteiger partial charge in [-0.1, -0.05) is 217 Å². The van der Waals surface area contributed by atoms with Crippen molar-refractivity contribution in [3.8, 4) is 56.1 Å². The van der Waals surface area contributed by atoms with E-state index in [9.17, 15) is 0 Å². The van der Waals surface area contributed by atoms with Crippen LogP contribution in [0.2, 0.25) is 0 Å². The highest BCUT2D eigenvalue weighted by Crippen LogP contribution is 2.47. The molecule has 0 aliphatic carbocycles. The quantitative estimate of drug-likeness (QED) is 0.163. The van der Waals surface area contributed by atoms with Crippen molar-refractivity contribution in [3.05, 3.63) is 204 Å². The van der Waals surface area contributed by atoms with E-state index in [0.717, 1.165) is 44.3 Å². The maximum Gasteiger partial charge on any atom is 0.137 e. The third-order valence-corrected chi connectivity index (χ3v) is 14.8. The van der Waals surface area contributed by atoms with Crippen LogP contribution in [-0.2, 0) is 21.7 Å². The van der Waals surface area contributed by atoms with E-state index in [4.69, 9.17) is 4.42 Å². The Labute approximate surface area is 420 Å². The summed E-state index contributed by atoms with van der Waals surface area (Å²) in [5, 5.41) is 4.62. The predicted molar refractivity (Wildman–Crippen MR) is 304 cm³/mol. The van der Waals surface area contributed by atoms with Gasteiger partial charge in [-0.25, -0.2) is 0 Å². The van der Waals surface area contributed by atoms with E-state index < -0.39 is 0 Å². The molecule has 0 atom stereocenters. The van der Waals surface area contributed by atoms with E-state index >= 15 is 0 Å². The van der Waals surface area contributed by atoms with Gasteiger partial charge < -0.3 is 13.6 Å². The maximum atomic E-state index is 7.04. The Balaban J connectivity index is 1.10. The van der Waals surface area contributed by atoms with Crippen molar-refractivity contribution in [2.45, 2.75) is 105 Å². The Kier molecular flexibility index (Phi) is 10.8. The van der Waals surface area contributed by atoms with Crippen LogP contribution in [0.25, 0.3) is 99.9 Å². The first-order valence-corrected chi connectivity index (χ1v) is 25.4. The zero-order chi connectivity index (χ0) is 49.8. The van der Waals surface area contributed by atoms with Crippen LogP contribution in [0.4, 0.5) is 0 Å². The average Bonchev–Trinajstić information content (AvgIpc) is 4.00. The lowest BCUT2D eigenvalue weighted by Crippen LogP contribution is -2.10. The van der Waals surface area contributed by atoms with Crippen molar-refractivity contribution >= 4 is 43.7 Å². The molecule has 0 bridgehead atoms. The Hall–Kier alpha value is -7.36. The van der Waals surface area contributed by atoms with Crippen LogP contribution < -0.4 is 0 Å². The van der Waals surface area contributed by atoms with Crippen molar-refractivity contribution < 1.29 is 4.42 Å². The summed E-state index contributed by atoms with van der Waals surface area (Å²) in [4.78, 5) is 0. The second kappa shape index (κ2) is 16.6. The summed E-state index contributed by atoms with van der Waals surface area (Å²) in [5.41, 5.74) is 21.1. The van der Waals surface area contributed by atoms with Crippen molar-refractivity contribution in [1.29, 1.82) is 0 Å². The number of furan rings is 1. The summed E-state index contributed by atoms with van der Waals surface area (Å²) < 4.78 is 11.9. The van der Waals surface area contributed by atoms with Crippen molar-refractivity contribution in [2.75, 3.05) is 0 Å². The summed E-state index contributed by atoms with van der Waals surface area (Å²) in [5.74, 6) is 0. The molecule has 11 rings (SSSR count). The van der Waals surface area contributed by atoms with Crippen LogP contribution in [-0.4, -0.2) is 9.13 Å². The van der Waals surface area contributed by atoms with Crippen molar-refractivity contribution in [2.24, 2.45) is 0 Å². The minimum absolute atomic E-state index is 0.0391. The molecule has 3 nitrogen and oxygen atoms in total. The van der Waals surface area contributed by atoms with E-state index in [1.165, 1.54) is 77.8 Å². The molecule has 0 saturated carbocycles. The number of benzene rings is 8. The molecule has 3 heteroatoms. The topological polar surface area (TPSA) is 23.0 Å². The van der Waals surface area contributed by atoms with Crippen molar-refractivity contribution in [1.82, 2.24) is 9.13 Å². The Morgan fingerprint density at radius 1 is 0.296 bits per heavy atom. The smallest absolute Gasteiger partial charge is 0.137 e. The molecule has 8 aromatic carbocycles. The van der Waals surface area contributed by atoms with Crippen LogP contribution >= 0.6 is 0 Å². The van der Waals surface area contributed by atoms with E-state index in [1.54, 1.807) is 0 Å². The van der Waals surface area contributed by atoms with E-state index in [1.807, 2.05) is 0 Å². The van der Waals surface area contributed by atoms with Crippen LogP contribution in [0, 0.1) is 0 Å². The SMILES string of the molecule is CC(C)(C)c1ccc(-c2c(-c3ccc(C(C)(C)C)cc3)n(-c3ccc4c(c3)oc3cc(-n5c(-c6ccc(C(C)(C)C)cc6)c(-c6ccc(C(C)(C)C)cc6)c6ccccc65)ccc34)c3ccccc23)cc1. The van der Waals surface area contributed by atoms with Crippen LogP contribution in [0.1, 0.15) is 105 Å². The molecule has 0 unspecified atom stereocenters. The summed E-state index contributed by atoms with van der Waals surface area (Å²) in [6, 6.07) is 68.1. The molecule has 0 saturated heterocycles. The lowest BCUT2D eigenvalue weighted by Gasteiger charge is -2.20. The third kappa shape index (κ3) is 8.10. The maximum absolute atomic E-state index is 7.04. The summed E-state index contributed by atoms with van der Waals surface area (Å²) >= 11 is 0. The van der Waals surface area contributed by atoms with Gasteiger partial charge in [0.05, 0.1) is 22.4 Å². The second-order valence-electron chi connectivity index (χ2n) is 23.9. The van der Waals surface area contributed by atoms with Gasteiger partial charge in [0.2, 0.25) is 0 Å². The number of hydrogen-bond acceptors (Lipinski definition) is 1. The Bertz CT molecular complexity index is 3530. The highest BCUT2D eigenvalue weighted by atomic mass is 16.3. The summed E-state index contributed by atoms with van der Waals surface area (Å²) in [6.07, 6.45) is 0. The van der Waals surface area contributed by atoms with Gasteiger partial charge in [-0.3, -0.25) is 0 Å². The number of rotatable bonds is 6. The first kappa shape index (κ1) is 46.0. The predicted octanol–water partition coefficient (Wildman–Crippen LogP) is 19.3. The van der Waals surface area contributed by atoms with Crippen LogP contribution in [0.5, 0.6) is 0 Å². The molecule has 11 aromatic rings. The van der Waals surface area contributed by atoms with Crippen molar-refractivity contribution in [3.63, 3.8) is 0 Å². The molecule has 0 spiro atoms. The van der Waals surface area contributed by atoms with Gasteiger partial charge in [0, 0.05) is 56.2 Å². The molecule has 71 heavy (non-hydrogen) atoms. The number of nitrogens with zero attached hydrogens (tertiary/aromatic N) is 2. The number of aromatic nitrogens is 2. The Morgan fingerprint density at radius 2 is 0.592 bits per heavy atom. The minimum Gasteiger partial charge on any atom is -0.456 e. The first-order valence-electron chi connectivity index (χ1n) is 25.4. The monoisotopic (exact) mass is 927 g/mol. The molecule has 0 aliphatic rings. The highest BCUT2D eigenvalue weighted by molar-refractivity contribution is 6.10. The van der Waals surface area contributed by atoms with Gasteiger partial charge >= 0.3 is 0 Å². The molecule has 0 fully saturated rings. The summed E-state index contributed by atoms with van der Waals surface area (Å²) in [7, 11) is 0. The fourth-order valence-corrected chi connectivity index (χ4v) is 10.7. The zero-order valence-corrected chi connectivity index (χ0v) is 43.6. The van der Waals surface area contributed by atoms with Gasteiger partial charge in [-0.05, 0) is 103 Å². The molecule has 0 radical (unpaired) electrons. The average molecular weight is 927 g/mol. The molecule has 0 N–H and O–H groups in total. The lowest BCUT2D eigenvalue weighted by molar-refractivity contribution is 0.590. The van der Waals surface area contributed by atoms with Gasteiger partial charge in [0.25, 0.3) is 0 Å². The van der Waals surface area contributed by atoms with Gasteiger partial charge in [-0.2, -0.15) is 0 Å².